The molecule has 1 amide bonds. The lowest BCUT2D eigenvalue weighted by Gasteiger charge is -2.06. The van der Waals surface area contributed by atoms with Gasteiger partial charge in [0.05, 0.1) is 11.6 Å². The van der Waals surface area contributed by atoms with E-state index in [-0.39, 0.29) is 12.2 Å². The molecule has 0 radical (unpaired) electrons. The number of amides is 1. The minimum Gasteiger partial charge on any atom is -0.350 e. The van der Waals surface area contributed by atoms with E-state index in [1.807, 2.05) is 19.1 Å². The molecule has 2 N–H and O–H groups in total. The largest absolute Gasteiger partial charge is 0.350 e. The van der Waals surface area contributed by atoms with E-state index < -0.39 is 18.0 Å². The number of nitrogens with one attached hydrogen (secondary N) is 1. The minimum absolute atomic E-state index is 0.184. The first-order chi connectivity index (χ1) is 12.0. The van der Waals surface area contributed by atoms with Crippen LogP contribution in [0.5, 0.6) is 0 Å². The number of anilines is 1. The van der Waals surface area contributed by atoms with Gasteiger partial charge in [-0.15, -0.1) is 0 Å². The number of halogens is 1. The Labute approximate surface area is 142 Å². The highest BCUT2D eigenvalue weighted by Crippen LogP contribution is 2.34. The van der Waals surface area contributed by atoms with Gasteiger partial charge in [-0.3, -0.25) is 9.97 Å². The van der Waals surface area contributed by atoms with Gasteiger partial charge in [0.25, 0.3) is 0 Å². The zero-order valence-electron chi connectivity index (χ0n) is 13.5. The summed E-state index contributed by atoms with van der Waals surface area (Å²) in [7, 11) is 0. The summed E-state index contributed by atoms with van der Waals surface area (Å²) in [5.41, 5.74) is 2.70. The summed E-state index contributed by atoms with van der Waals surface area (Å²) in [5, 5.41) is 14.2. The molecule has 7 heteroatoms. The van der Waals surface area contributed by atoms with E-state index in [9.17, 15) is 14.4 Å². The molecular formula is C18H16FN4O2+. The molecule has 2 atom stereocenters. The van der Waals surface area contributed by atoms with Gasteiger partial charge in [-0.2, -0.15) is 0 Å². The number of nitrogens with zero attached hydrogens (tertiary/aromatic N) is 3. The highest BCUT2D eigenvalue weighted by atomic mass is 19.1. The van der Waals surface area contributed by atoms with Crippen LogP contribution in [0.1, 0.15) is 12.0 Å². The maximum Gasteiger partial charge on any atom is 0.321 e. The molecule has 1 aliphatic carbocycles. The number of hydrogen-bond acceptors (Lipinski definition) is 4. The van der Waals surface area contributed by atoms with E-state index in [4.69, 9.17) is 0 Å². The van der Waals surface area contributed by atoms with Crippen LogP contribution in [0, 0.1) is 12.8 Å². The average Bonchev–Trinajstić information content (AvgIpc) is 3.32. The lowest BCUT2D eigenvalue weighted by Crippen LogP contribution is -2.35. The van der Waals surface area contributed by atoms with Crippen molar-refractivity contribution in [1.29, 1.82) is 0 Å². The van der Waals surface area contributed by atoms with Crippen LogP contribution in [0.4, 0.5) is 10.2 Å². The van der Waals surface area contributed by atoms with Gasteiger partial charge in [0, 0.05) is 41.0 Å². The van der Waals surface area contributed by atoms with Gasteiger partial charge in [0.2, 0.25) is 0 Å². The van der Waals surface area contributed by atoms with Crippen molar-refractivity contribution in [3.8, 4) is 11.3 Å². The van der Waals surface area contributed by atoms with Gasteiger partial charge in [-0.1, -0.05) is 4.73 Å². The molecular weight excluding hydrogens is 323 g/mol. The summed E-state index contributed by atoms with van der Waals surface area (Å²) in [6.45, 7) is 1.98. The van der Waals surface area contributed by atoms with Crippen LogP contribution >= 0.6 is 0 Å². The summed E-state index contributed by atoms with van der Waals surface area (Å²) >= 11 is 0. The lowest BCUT2D eigenvalue weighted by atomic mass is 10.1. The molecule has 126 valence electrons. The lowest BCUT2D eigenvalue weighted by molar-refractivity contribution is -0.892. The zero-order chi connectivity index (χ0) is 17.6. The Hall–Kier alpha value is -3.09. The van der Waals surface area contributed by atoms with Crippen molar-refractivity contribution in [2.45, 2.75) is 19.5 Å². The highest BCUT2D eigenvalue weighted by molar-refractivity contribution is 5.95. The predicted octanol–water partition coefficient (Wildman–Crippen LogP) is 2.43. The molecule has 4 rings (SSSR count). The van der Waals surface area contributed by atoms with Gasteiger partial charge >= 0.3 is 11.7 Å². The van der Waals surface area contributed by atoms with E-state index in [1.54, 1.807) is 24.7 Å². The second-order valence-corrected chi connectivity index (χ2v) is 6.24. The summed E-state index contributed by atoms with van der Waals surface area (Å²) in [6.07, 6.45) is 5.77. The monoisotopic (exact) mass is 339 g/mol. The van der Waals surface area contributed by atoms with Crippen LogP contribution in [0.3, 0.4) is 0 Å². The molecule has 0 unspecified atom stereocenters. The Morgan fingerprint density at radius 3 is 2.88 bits per heavy atom. The van der Waals surface area contributed by atoms with Crippen LogP contribution in [0.15, 0.2) is 43.0 Å². The summed E-state index contributed by atoms with van der Waals surface area (Å²) in [6, 6.07) is 5.36. The fraction of sp³-hybridized carbons (Fsp3) is 0.222. The smallest absolute Gasteiger partial charge is 0.321 e. The highest BCUT2D eigenvalue weighted by Gasteiger charge is 2.46. The van der Waals surface area contributed by atoms with Crippen molar-refractivity contribution in [2.75, 3.05) is 5.32 Å². The number of fused-ring (bicyclic) bond motifs is 1. The maximum atomic E-state index is 13.0. The standard InChI is InChI=1S/C18H15FN4O2/c1-10-2-3-20-8-14(10)16-4-12-9-23(25)17(5-11(12)7-21-16)22-18(24)13-6-15(13)19/h2-5,7-9,13,15,25H,6H2,1H3/p+1/t13-,15+/m1/s1. The van der Waals surface area contributed by atoms with Crippen LogP contribution < -0.4 is 10.0 Å². The van der Waals surface area contributed by atoms with Gasteiger partial charge in [0.15, 0.2) is 0 Å². The van der Waals surface area contributed by atoms with Gasteiger partial charge in [0.1, 0.15) is 12.4 Å². The topological polar surface area (TPSA) is 79.0 Å². The number of hydrogen-bond donors (Lipinski definition) is 2. The Kier molecular flexibility index (Phi) is 3.56. The molecule has 25 heavy (non-hydrogen) atoms. The van der Waals surface area contributed by atoms with Crippen molar-refractivity contribution in [2.24, 2.45) is 5.92 Å². The number of aromatic nitrogens is 3. The second-order valence-electron chi connectivity index (χ2n) is 6.24. The average molecular weight is 339 g/mol. The first-order valence-electron chi connectivity index (χ1n) is 7.93. The molecule has 3 aromatic rings. The molecule has 3 heterocycles. The second kappa shape index (κ2) is 5.77. The molecule has 0 saturated heterocycles. The fourth-order valence-corrected chi connectivity index (χ4v) is 2.76. The number of pyridine rings is 3. The fourth-order valence-electron chi connectivity index (χ4n) is 2.76. The number of alkyl halides is 1. The van der Waals surface area contributed by atoms with E-state index in [0.29, 0.717) is 0 Å². The first kappa shape index (κ1) is 15.4. The number of aryl methyl sites for hydroxylation is 1. The minimum atomic E-state index is -1.08. The summed E-state index contributed by atoms with van der Waals surface area (Å²) in [4.78, 5) is 20.4. The molecule has 1 fully saturated rings. The van der Waals surface area contributed by atoms with E-state index in [0.717, 1.165) is 32.3 Å². The Bertz CT molecular complexity index is 992. The molecule has 0 bridgehead atoms. The van der Waals surface area contributed by atoms with E-state index >= 15 is 0 Å². The van der Waals surface area contributed by atoms with E-state index in [2.05, 4.69) is 15.3 Å². The molecule has 6 nitrogen and oxygen atoms in total. The number of rotatable bonds is 3. The molecule has 0 spiro atoms. The van der Waals surface area contributed by atoms with Crippen LogP contribution in [0.25, 0.3) is 22.0 Å². The van der Waals surface area contributed by atoms with Gasteiger partial charge in [-0.05, 0) is 31.0 Å². The van der Waals surface area contributed by atoms with E-state index in [1.165, 1.54) is 6.20 Å². The quantitative estimate of drug-likeness (QED) is 0.567. The number of carbonyl (C=O) groups excluding carboxylic acids is 1. The van der Waals surface area contributed by atoms with Crippen molar-refractivity contribution in [3.05, 3.63) is 48.5 Å². The Morgan fingerprint density at radius 1 is 1.36 bits per heavy atom. The third-order valence-corrected chi connectivity index (χ3v) is 4.38. The van der Waals surface area contributed by atoms with Gasteiger partial charge in [-0.25, -0.2) is 14.5 Å². The Morgan fingerprint density at radius 2 is 2.16 bits per heavy atom. The molecule has 0 aliphatic heterocycles. The zero-order valence-corrected chi connectivity index (χ0v) is 13.5. The predicted molar refractivity (Wildman–Crippen MR) is 88.7 cm³/mol. The van der Waals surface area contributed by atoms with Gasteiger partial charge < -0.3 is 5.21 Å². The summed E-state index contributed by atoms with van der Waals surface area (Å²) < 4.78 is 13.8. The van der Waals surface area contributed by atoms with Crippen LogP contribution in [0.2, 0.25) is 0 Å². The molecule has 3 aromatic heterocycles. The molecule has 0 aromatic carbocycles. The van der Waals surface area contributed by atoms with Crippen molar-refractivity contribution in [3.63, 3.8) is 0 Å². The Balaban J connectivity index is 1.69. The van der Waals surface area contributed by atoms with Crippen LogP contribution in [-0.4, -0.2) is 27.3 Å². The van der Waals surface area contributed by atoms with Crippen molar-refractivity contribution < 1.29 is 19.1 Å². The van der Waals surface area contributed by atoms with Crippen LogP contribution in [-0.2, 0) is 4.79 Å². The van der Waals surface area contributed by atoms with Crippen molar-refractivity contribution >= 4 is 22.5 Å². The number of carbonyl (C=O) groups is 1. The normalized spacial score (nSPS) is 19.0. The third-order valence-electron chi connectivity index (χ3n) is 4.38. The first-order valence-corrected chi connectivity index (χ1v) is 7.93. The van der Waals surface area contributed by atoms with Crippen molar-refractivity contribution in [1.82, 2.24) is 9.97 Å². The molecule has 1 saturated carbocycles. The molecule has 1 aliphatic rings. The SMILES string of the molecule is Cc1ccncc1-c1cc2c[n+](O)c(NC(=O)[C@@H]3C[C@@H]3F)cc2cn1. The summed E-state index contributed by atoms with van der Waals surface area (Å²) in [5.74, 6) is -0.862. The third kappa shape index (κ3) is 2.88. The maximum absolute atomic E-state index is 13.0.